The topological polar surface area (TPSA) is 87.2 Å². The van der Waals surface area contributed by atoms with Crippen LogP contribution in [0, 0.1) is 5.41 Å². The van der Waals surface area contributed by atoms with E-state index in [1.54, 1.807) is 24.3 Å². The number of rotatable bonds is 2. The summed E-state index contributed by atoms with van der Waals surface area (Å²) in [7, 11) is 0. The Hall–Kier alpha value is -0.890. The van der Waals surface area contributed by atoms with Crippen molar-refractivity contribution in [1.82, 2.24) is 0 Å². The number of aromatic hydroxyl groups is 1. The largest absolute Gasteiger partial charge is 0.506 e. The van der Waals surface area contributed by atoms with Crippen LogP contribution in [0.2, 0.25) is 5.02 Å². The summed E-state index contributed by atoms with van der Waals surface area (Å²) >= 11 is 15.2. The van der Waals surface area contributed by atoms with E-state index in [-0.39, 0.29) is 5.75 Å². The van der Waals surface area contributed by atoms with E-state index in [1.165, 1.54) is 6.07 Å². The van der Waals surface area contributed by atoms with Gasteiger partial charge in [0.1, 0.15) is 5.75 Å². The lowest BCUT2D eigenvalue weighted by molar-refractivity contribution is 0.0999. The Bertz CT molecular complexity index is 723. The molecule has 116 valence electrons. The van der Waals surface area contributed by atoms with Gasteiger partial charge in [-0.3, -0.25) is 4.79 Å². The maximum absolute atomic E-state index is 10.7. The van der Waals surface area contributed by atoms with E-state index in [4.69, 9.17) is 22.7 Å². The van der Waals surface area contributed by atoms with Gasteiger partial charge in [0.05, 0.1) is 10.0 Å². The number of halogens is 4. The van der Waals surface area contributed by atoms with Gasteiger partial charge in [0.25, 0.3) is 0 Å². The average Bonchev–Trinajstić information content (AvgIpc) is 2.45. The van der Waals surface area contributed by atoms with Crippen LogP contribution in [0.1, 0.15) is 15.9 Å². The number of phenols is 1. The highest BCUT2D eigenvalue weighted by Crippen LogP contribution is 2.30. The molecule has 0 aliphatic rings. The molecule has 0 spiro atoms. The molecule has 22 heavy (non-hydrogen) atoms. The Morgan fingerprint density at radius 2 is 1.82 bits per heavy atom. The van der Waals surface area contributed by atoms with Crippen LogP contribution < -0.4 is 5.73 Å². The van der Waals surface area contributed by atoms with Crippen LogP contribution in [0.15, 0.2) is 43.7 Å². The fourth-order valence-electron chi connectivity index (χ4n) is 1.38. The zero-order valence-electron chi connectivity index (χ0n) is 10.9. The second kappa shape index (κ2) is 8.67. The molecule has 0 saturated heterocycles. The Morgan fingerprint density at radius 1 is 1.18 bits per heavy atom. The molecule has 2 aromatic carbocycles. The van der Waals surface area contributed by atoms with Gasteiger partial charge < -0.3 is 16.2 Å². The lowest BCUT2D eigenvalue weighted by Crippen LogP contribution is -2.11. The molecule has 2 aromatic rings. The first-order valence-electron chi connectivity index (χ1n) is 5.69. The van der Waals surface area contributed by atoms with Gasteiger partial charge in [-0.1, -0.05) is 27.5 Å². The molecule has 0 saturated carbocycles. The number of primary amides is 1. The molecular weight excluding hydrogens is 503 g/mol. The zero-order chi connectivity index (χ0) is 16.9. The number of hydrogen-bond acceptors (Lipinski definition) is 3. The molecule has 0 aromatic heterocycles. The van der Waals surface area contributed by atoms with Crippen LogP contribution in [0.5, 0.6) is 5.75 Å². The molecule has 0 radical (unpaired) electrons. The number of amides is 1. The van der Waals surface area contributed by atoms with Gasteiger partial charge in [-0.2, -0.15) is 0 Å². The predicted octanol–water partition coefficient (Wildman–Crippen LogP) is 5.12. The second-order valence-electron chi connectivity index (χ2n) is 3.96. The van der Waals surface area contributed by atoms with Crippen molar-refractivity contribution in [3.05, 3.63) is 59.9 Å². The van der Waals surface area contributed by atoms with Crippen LogP contribution in [0.3, 0.4) is 0 Å². The average molecular weight is 513 g/mol. The van der Waals surface area contributed by atoms with Crippen molar-refractivity contribution in [3.63, 3.8) is 0 Å². The van der Waals surface area contributed by atoms with Gasteiger partial charge in [-0.25, -0.2) is 0 Å². The third-order valence-electron chi connectivity index (χ3n) is 2.41. The standard InChI is InChI=1S/C7H5Br2NO.C7H5BrClNO/c8-5-1-4(3-10)7(11)6(9)2-5;8-6-2-1-4(9)3-5(6)7(10)11/h1-3,10-11H;1-3H,(H2,10,11). The first-order valence-corrected chi connectivity index (χ1v) is 8.45. The summed E-state index contributed by atoms with van der Waals surface area (Å²) in [4.78, 5) is 10.7. The Kier molecular flexibility index (Phi) is 7.55. The SMILES string of the molecule is N=Cc1cc(Br)cc(Br)c1O.NC(=O)c1cc(Cl)ccc1Br. The van der Waals surface area contributed by atoms with E-state index in [0.717, 1.165) is 10.7 Å². The van der Waals surface area contributed by atoms with Crippen LogP contribution in [-0.2, 0) is 0 Å². The van der Waals surface area contributed by atoms with Crippen molar-refractivity contribution in [2.75, 3.05) is 0 Å². The molecule has 1 amide bonds. The Morgan fingerprint density at radius 3 is 2.32 bits per heavy atom. The number of nitrogens with two attached hydrogens (primary N) is 1. The molecular formula is C14H10Br3ClN2O2. The Balaban J connectivity index is 0.000000220. The van der Waals surface area contributed by atoms with Crippen molar-refractivity contribution in [3.8, 4) is 5.75 Å². The zero-order valence-corrected chi connectivity index (χ0v) is 16.4. The molecule has 0 bridgehead atoms. The van der Waals surface area contributed by atoms with Crippen LogP contribution in [0.4, 0.5) is 0 Å². The Labute approximate surface area is 157 Å². The highest BCUT2D eigenvalue weighted by molar-refractivity contribution is 9.11. The molecule has 0 aliphatic heterocycles. The van der Waals surface area contributed by atoms with Crippen molar-refractivity contribution >= 4 is 71.5 Å². The second-order valence-corrected chi connectivity index (χ2v) is 7.02. The molecule has 4 nitrogen and oxygen atoms in total. The fourth-order valence-corrected chi connectivity index (χ4v) is 3.25. The van der Waals surface area contributed by atoms with E-state index in [9.17, 15) is 9.90 Å². The number of phenolic OH excluding ortho intramolecular Hbond substituents is 1. The molecule has 0 unspecified atom stereocenters. The quantitative estimate of drug-likeness (QED) is 0.487. The summed E-state index contributed by atoms with van der Waals surface area (Å²) in [5.41, 5.74) is 5.95. The van der Waals surface area contributed by atoms with Crippen molar-refractivity contribution < 1.29 is 9.90 Å². The fraction of sp³-hybridized carbons (Fsp3) is 0. The lowest BCUT2D eigenvalue weighted by Gasteiger charge is -2.01. The van der Waals surface area contributed by atoms with Gasteiger partial charge in [-0.05, 0) is 62.2 Å². The smallest absolute Gasteiger partial charge is 0.249 e. The third kappa shape index (κ3) is 5.39. The molecule has 0 atom stereocenters. The highest BCUT2D eigenvalue weighted by Gasteiger charge is 2.05. The van der Waals surface area contributed by atoms with E-state index >= 15 is 0 Å². The van der Waals surface area contributed by atoms with Gasteiger partial charge >= 0.3 is 0 Å². The van der Waals surface area contributed by atoms with Gasteiger partial charge in [-0.15, -0.1) is 0 Å². The minimum atomic E-state index is -0.487. The summed E-state index contributed by atoms with van der Waals surface area (Å²) < 4.78 is 2.08. The van der Waals surface area contributed by atoms with Gasteiger partial charge in [0.2, 0.25) is 5.91 Å². The lowest BCUT2D eigenvalue weighted by atomic mass is 10.2. The van der Waals surface area contributed by atoms with Crippen molar-refractivity contribution in [2.24, 2.45) is 5.73 Å². The molecule has 0 aliphatic carbocycles. The van der Waals surface area contributed by atoms with Crippen LogP contribution in [-0.4, -0.2) is 17.2 Å². The summed E-state index contributed by atoms with van der Waals surface area (Å²) in [6.07, 6.45) is 1.10. The molecule has 2 rings (SSSR count). The maximum Gasteiger partial charge on any atom is 0.249 e. The molecule has 0 fully saturated rings. The monoisotopic (exact) mass is 510 g/mol. The maximum atomic E-state index is 10.7. The number of benzene rings is 2. The van der Waals surface area contributed by atoms with Crippen LogP contribution in [0.25, 0.3) is 0 Å². The number of hydrogen-bond donors (Lipinski definition) is 3. The summed E-state index contributed by atoms with van der Waals surface area (Å²) in [5.74, 6) is -0.387. The van der Waals surface area contributed by atoms with Gasteiger partial charge in [0, 0.05) is 25.7 Å². The number of nitrogens with one attached hydrogen (secondary N) is 1. The van der Waals surface area contributed by atoms with E-state index in [0.29, 0.717) is 25.1 Å². The number of carbonyl (C=O) groups is 1. The molecule has 4 N–H and O–H groups in total. The van der Waals surface area contributed by atoms with Crippen LogP contribution >= 0.6 is 59.4 Å². The first kappa shape index (κ1) is 19.2. The summed E-state index contributed by atoms with van der Waals surface area (Å²) in [6, 6.07) is 8.28. The number of carbonyl (C=O) groups excluding carboxylic acids is 1. The normalized spacial score (nSPS) is 9.64. The minimum absolute atomic E-state index is 0.100. The third-order valence-corrected chi connectivity index (χ3v) is 4.40. The summed E-state index contributed by atoms with van der Waals surface area (Å²) in [5, 5.41) is 16.8. The van der Waals surface area contributed by atoms with E-state index < -0.39 is 5.91 Å². The van der Waals surface area contributed by atoms with Gasteiger partial charge in [0.15, 0.2) is 0 Å². The molecule has 8 heteroatoms. The first-order chi connectivity index (χ1) is 10.3. The van der Waals surface area contributed by atoms with E-state index in [2.05, 4.69) is 47.8 Å². The predicted molar refractivity (Wildman–Crippen MR) is 99.1 cm³/mol. The highest BCUT2D eigenvalue weighted by atomic mass is 79.9. The minimum Gasteiger partial charge on any atom is -0.506 e. The van der Waals surface area contributed by atoms with Crippen molar-refractivity contribution in [1.29, 1.82) is 5.41 Å². The summed E-state index contributed by atoms with van der Waals surface area (Å²) in [6.45, 7) is 0. The van der Waals surface area contributed by atoms with Crippen molar-refractivity contribution in [2.45, 2.75) is 0 Å². The van der Waals surface area contributed by atoms with E-state index in [1.807, 2.05) is 0 Å². The molecule has 0 heterocycles.